The number of Topliss-reactive ketones (excluding diaryl/α,β-unsaturated/α-hetero) is 1. The van der Waals surface area contributed by atoms with E-state index in [0.717, 1.165) is 35.0 Å². The molecule has 1 aliphatic carbocycles. The summed E-state index contributed by atoms with van der Waals surface area (Å²) in [7, 11) is 0. The normalized spacial score (nSPS) is 21.5. The van der Waals surface area contributed by atoms with Gasteiger partial charge in [0.25, 0.3) is 0 Å². The van der Waals surface area contributed by atoms with Gasteiger partial charge in [-0.1, -0.05) is 33.1 Å². The maximum Gasteiger partial charge on any atom is 0.245 e. The molecule has 1 aliphatic heterocycles. The van der Waals surface area contributed by atoms with Crippen LogP contribution in [-0.4, -0.2) is 60.4 Å². The maximum absolute atomic E-state index is 14.1. The van der Waals surface area contributed by atoms with E-state index in [4.69, 9.17) is 0 Å². The molecule has 0 radical (unpaired) electrons. The van der Waals surface area contributed by atoms with Gasteiger partial charge in [-0.15, -0.1) is 0 Å². The fourth-order valence-electron chi connectivity index (χ4n) is 6.91. The lowest BCUT2D eigenvalue weighted by molar-refractivity contribution is -0.141. The van der Waals surface area contributed by atoms with Crippen LogP contribution in [0.4, 0.5) is 0 Å². The molecule has 9 nitrogen and oxygen atoms in total. The first kappa shape index (κ1) is 29.9. The average molecular weight is 573 g/mol. The molecule has 2 fully saturated rings. The number of hydrogen-bond donors (Lipinski definition) is 1. The molecule has 3 aromatic rings. The predicted octanol–water partition coefficient (Wildman–Crippen LogP) is 5.41. The Bertz CT molecular complexity index is 1500. The number of carbonyl (C=O) groups excluding carboxylic acids is 3. The van der Waals surface area contributed by atoms with E-state index >= 15 is 0 Å². The highest BCUT2D eigenvalue weighted by Crippen LogP contribution is 2.41. The monoisotopic (exact) mass is 572 g/mol. The second kappa shape index (κ2) is 11.6. The summed E-state index contributed by atoms with van der Waals surface area (Å²) in [5.41, 5.74) is 3.45. The smallest absolute Gasteiger partial charge is 0.245 e. The summed E-state index contributed by atoms with van der Waals surface area (Å²) < 4.78 is 1.64. The SMILES string of the molecule is CC(=O)c1nn(CC(=O)N2[C@H](C(=O)N[C@H](C)C3CCCCC3)CC(C)(C)[C@H]2C)c2c(C)cc(-c3cnc(C)nc3)cc12. The Kier molecular flexibility index (Phi) is 8.23. The van der Waals surface area contributed by atoms with E-state index in [-0.39, 0.29) is 41.6 Å². The molecule has 0 bridgehead atoms. The van der Waals surface area contributed by atoms with Gasteiger partial charge in [-0.25, -0.2) is 9.97 Å². The predicted molar refractivity (Wildman–Crippen MR) is 163 cm³/mol. The zero-order chi connectivity index (χ0) is 30.3. The largest absolute Gasteiger partial charge is 0.352 e. The number of nitrogens with zero attached hydrogens (tertiary/aromatic N) is 5. The maximum atomic E-state index is 14.1. The number of hydrogen-bond acceptors (Lipinski definition) is 6. The van der Waals surface area contributed by atoms with Crippen LogP contribution in [0.5, 0.6) is 0 Å². The van der Waals surface area contributed by atoms with Crippen molar-refractivity contribution in [2.24, 2.45) is 11.3 Å². The van der Waals surface area contributed by atoms with Gasteiger partial charge in [0.05, 0.1) is 5.52 Å². The number of benzene rings is 1. The molecule has 3 atom stereocenters. The van der Waals surface area contributed by atoms with E-state index in [1.54, 1.807) is 22.0 Å². The molecule has 1 aromatic carbocycles. The molecule has 2 aliphatic rings. The Hall–Kier alpha value is -3.62. The number of rotatable bonds is 7. The molecule has 224 valence electrons. The van der Waals surface area contributed by atoms with E-state index in [2.05, 4.69) is 41.2 Å². The van der Waals surface area contributed by atoms with Crippen molar-refractivity contribution in [3.63, 3.8) is 0 Å². The van der Waals surface area contributed by atoms with Gasteiger partial charge < -0.3 is 10.2 Å². The number of nitrogens with one attached hydrogen (secondary N) is 1. The minimum Gasteiger partial charge on any atom is -0.352 e. The molecular formula is C33H44N6O3. The molecule has 42 heavy (non-hydrogen) atoms. The highest BCUT2D eigenvalue weighted by atomic mass is 16.2. The lowest BCUT2D eigenvalue weighted by Gasteiger charge is -2.33. The number of fused-ring (bicyclic) bond motifs is 1. The Morgan fingerprint density at radius 2 is 1.71 bits per heavy atom. The summed E-state index contributed by atoms with van der Waals surface area (Å²) in [6.07, 6.45) is 10.1. The van der Waals surface area contributed by atoms with Crippen LogP contribution in [0.25, 0.3) is 22.0 Å². The Morgan fingerprint density at radius 3 is 2.36 bits per heavy atom. The third-order valence-electron chi connectivity index (χ3n) is 9.69. The zero-order valence-electron chi connectivity index (χ0n) is 26.0. The minimum atomic E-state index is -0.545. The van der Waals surface area contributed by atoms with Crippen LogP contribution in [0.1, 0.15) is 95.0 Å². The summed E-state index contributed by atoms with van der Waals surface area (Å²) >= 11 is 0. The van der Waals surface area contributed by atoms with Crippen molar-refractivity contribution in [2.45, 2.75) is 112 Å². The highest BCUT2D eigenvalue weighted by Gasteiger charge is 2.49. The average Bonchev–Trinajstić information content (AvgIpc) is 3.43. The van der Waals surface area contributed by atoms with Crippen LogP contribution in [0.15, 0.2) is 24.5 Å². The lowest BCUT2D eigenvalue weighted by atomic mass is 9.83. The van der Waals surface area contributed by atoms with Crippen molar-refractivity contribution in [2.75, 3.05) is 0 Å². The van der Waals surface area contributed by atoms with Crippen molar-refractivity contribution in [1.29, 1.82) is 0 Å². The first-order valence-electron chi connectivity index (χ1n) is 15.3. The van der Waals surface area contributed by atoms with Crippen LogP contribution >= 0.6 is 0 Å². The zero-order valence-corrected chi connectivity index (χ0v) is 26.0. The summed E-state index contributed by atoms with van der Waals surface area (Å²) in [4.78, 5) is 50.8. The molecule has 1 saturated heterocycles. The topological polar surface area (TPSA) is 110 Å². The van der Waals surface area contributed by atoms with Gasteiger partial charge >= 0.3 is 0 Å². The van der Waals surface area contributed by atoms with Gasteiger partial charge in [0.15, 0.2) is 5.78 Å². The molecule has 3 heterocycles. The first-order valence-corrected chi connectivity index (χ1v) is 15.3. The van der Waals surface area contributed by atoms with Gasteiger partial charge in [-0.05, 0) is 81.5 Å². The summed E-state index contributed by atoms with van der Waals surface area (Å²) in [6, 6.07) is 3.34. The fourth-order valence-corrected chi connectivity index (χ4v) is 6.91. The van der Waals surface area contributed by atoms with Crippen molar-refractivity contribution in [3.05, 3.63) is 41.6 Å². The van der Waals surface area contributed by atoms with E-state index in [1.807, 2.05) is 32.9 Å². The van der Waals surface area contributed by atoms with Gasteiger partial charge in [0, 0.05) is 42.4 Å². The standard InChI is InChI=1S/C33H44N6O3/c1-19-13-25(26-16-34-23(5)35-17-26)14-27-30(21(3)40)37-38(31(19)27)18-29(41)39-22(4)33(6,7)15-28(39)32(42)36-20(2)24-11-9-8-10-12-24/h13-14,16-17,20,22,24,28H,8-12,15,18H2,1-7H3,(H,36,42)/t20-,22-,28+/m1/s1. The number of aromatic nitrogens is 4. The van der Waals surface area contributed by atoms with Crippen molar-refractivity contribution < 1.29 is 14.4 Å². The summed E-state index contributed by atoms with van der Waals surface area (Å²) in [5, 5.41) is 8.60. The summed E-state index contributed by atoms with van der Waals surface area (Å²) in [5.74, 6) is 0.747. The van der Waals surface area contributed by atoms with Gasteiger partial charge in [0.2, 0.25) is 11.8 Å². The second-order valence-electron chi connectivity index (χ2n) is 13.2. The van der Waals surface area contributed by atoms with Gasteiger partial charge in [-0.3, -0.25) is 19.1 Å². The number of aryl methyl sites for hydroxylation is 2. The molecule has 9 heteroatoms. The Balaban J connectivity index is 1.44. The number of amides is 2. The Morgan fingerprint density at radius 1 is 1.05 bits per heavy atom. The number of carbonyl (C=O) groups is 3. The quantitative estimate of drug-likeness (QED) is 0.379. The van der Waals surface area contributed by atoms with Crippen LogP contribution in [-0.2, 0) is 16.1 Å². The minimum absolute atomic E-state index is 0.0556. The van der Waals surface area contributed by atoms with Crippen molar-refractivity contribution >= 4 is 28.5 Å². The second-order valence-corrected chi connectivity index (χ2v) is 13.2. The molecule has 2 amide bonds. The lowest BCUT2D eigenvalue weighted by Crippen LogP contribution is -2.52. The molecule has 5 rings (SSSR count). The van der Waals surface area contributed by atoms with Crippen LogP contribution in [0, 0.1) is 25.2 Å². The van der Waals surface area contributed by atoms with Gasteiger partial charge in [0.1, 0.15) is 24.1 Å². The van der Waals surface area contributed by atoms with Crippen molar-refractivity contribution in [3.8, 4) is 11.1 Å². The van der Waals surface area contributed by atoms with Crippen molar-refractivity contribution in [1.82, 2.24) is 30.0 Å². The highest BCUT2D eigenvalue weighted by molar-refractivity contribution is 6.07. The summed E-state index contributed by atoms with van der Waals surface area (Å²) in [6.45, 7) is 13.6. The van der Waals surface area contributed by atoms with Crippen LogP contribution in [0.2, 0.25) is 0 Å². The third kappa shape index (κ3) is 5.70. The molecule has 1 saturated carbocycles. The molecule has 2 aromatic heterocycles. The van der Waals surface area contributed by atoms with Crippen LogP contribution in [0.3, 0.4) is 0 Å². The fraction of sp³-hybridized carbons (Fsp3) is 0.576. The molecule has 0 spiro atoms. The Labute approximate surface area is 248 Å². The molecule has 1 N–H and O–H groups in total. The van der Waals surface area contributed by atoms with Crippen LogP contribution < -0.4 is 5.32 Å². The number of likely N-dealkylation sites (tertiary alicyclic amines) is 1. The molecular weight excluding hydrogens is 528 g/mol. The van der Waals surface area contributed by atoms with E-state index < -0.39 is 6.04 Å². The molecule has 0 unspecified atom stereocenters. The number of ketones is 1. The first-order chi connectivity index (χ1) is 19.9. The van der Waals surface area contributed by atoms with E-state index in [0.29, 0.717) is 29.2 Å². The van der Waals surface area contributed by atoms with E-state index in [9.17, 15) is 14.4 Å². The third-order valence-corrected chi connectivity index (χ3v) is 9.69. The van der Waals surface area contributed by atoms with E-state index in [1.165, 1.54) is 26.2 Å². The van der Waals surface area contributed by atoms with Gasteiger partial charge in [-0.2, -0.15) is 5.10 Å².